The Morgan fingerprint density at radius 1 is 1.45 bits per heavy atom. The molecular weight excluding hydrogens is 134 g/mol. The molecule has 1 atom stereocenters. The van der Waals surface area contributed by atoms with E-state index >= 15 is 0 Å². The molecule has 0 aromatic heterocycles. The van der Waals surface area contributed by atoms with Crippen LogP contribution in [-0.2, 0) is 0 Å². The SMILES string of the molecule is CCC1(CC(C)C)CCNC1. The predicted octanol–water partition coefficient (Wildman–Crippen LogP) is 2.42. The topological polar surface area (TPSA) is 12.0 Å². The molecule has 1 heterocycles. The summed E-state index contributed by atoms with van der Waals surface area (Å²) >= 11 is 0. The average molecular weight is 155 g/mol. The second kappa shape index (κ2) is 3.57. The van der Waals surface area contributed by atoms with Crippen molar-refractivity contribution in [1.29, 1.82) is 0 Å². The molecule has 1 aliphatic rings. The molecule has 0 saturated carbocycles. The molecule has 0 spiro atoms. The van der Waals surface area contributed by atoms with Crippen molar-refractivity contribution in [3.63, 3.8) is 0 Å². The number of hydrogen-bond acceptors (Lipinski definition) is 1. The minimum atomic E-state index is 0.647. The summed E-state index contributed by atoms with van der Waals surface area (Å²) in [5.41, 5.74) is 0.647. The predicted molar refractivity (Wildman–Crippen MR) is 49.7 cm³/mol. The largest absolute Gasteiger partial charge is 0.316 e. The quantitative estimate of drug-likeness (QED) is 0.660. The van der Waals surface area contributed by atoms with Crippen molar-refractivity contribution < 1.29 is 0 Å². The van der Waals surface area contributed by atoms with Gasteiger partial charge < -0.3 is 5.32 Å². The van der Waals surface area contributed by atoms with Crippen LogP contribution in [0.3, 0.4) is 0 Å². The zero-order chi connectivity index (χ0) is 8.32. The van der Waals surface area contributed by atoms with E-state index in [1.807, 2.05) is 0 Å². The van der Waals surface area contributed by atoms with Gasteiger partial charge in [-0.3, -0.25) is 0 Å². The van der Waals surface area contributed by atoms with Gasteiger partial charge in [-0.2, -0.15) is 0 Å². The van der Waals surface area contributed by atoms with E-state index < -0.39 is 0 Å². The van der Waals surface area contributed by atoms with Crippen molar-refractivity contribution in [1.82, 2.24) is 5.32 Å². The number of hydrogen-bond donors (Lipinski definition) is 1. The van der Waals surface area contributed by atoms with Crippen LogP contribution < -0.4 is 5.32 Å². The van der Waals surface area contributed by atoms with Crippen molar-refractivity contribution in [2.45, 2.75) is 40.0 Å². The first-order valence-corrected chi connectivity index (χ1v) is 4.89. The van der Waals surface area contributed by atoms with E-state index in [0.29, 0.717) is 5.41 Å². The number of rotatable bonds is 3. The molecule has 1 rings (SSSR count). The maximum absolute atomic E-state index is 3.47. The van der Waals surface area contributed by atoms with Crippen molar-refractivity contribution in [2.24, 2.45) is 11.3 Å². The second-order valence-electron chi connectivity index (χ2n) is 4.38. The standard InChI is InChI=1S/C10H21N/c1-4-10(7-9(2)3)5-6-11-8-10/h9,11H,4-8H2,1-3H3. The van der Waals surface area contributed by atoms with E-state index in [2.05, 4.69) is 26.1 Å². The molecule has 0 aromatic carbocycles. The fourth-order valence-electron chi connectivity index (χ4n) is 2.28. The van der Waals surface area contributed by atoms with E-state index in [9.17, 15) is 0 Å². The smallest absolute Gasteiger partial charge is 0.000828 e. The molecule has 0 radical (unpaired) electrons. The normalized spacial score (nSPS) is 31.6. The molecule has 1 unspecified atom stereocenters. The van der Waals surface area contributed by atoms with Gasteiger partial charge in [-0.1, -0.05) is 20.8 Å². The van der Waals surface area contributed by atoms with Crippen molar-refractivity contribution in [2.75, 3.05) is 13.1 Å². The molecule has 0 aliphatic carbocycles. The lowest BCUT2D eigenvalue weighted by molar-refractivity contribution is 0.245. The molecule has 1 N–H and O–H groups in total. The van der Waals surface area contributed by atoms with Crippen LogP contribution in [-0.4, -0.2) is 13.1 Å². The lowest BCUT2D eigenvalue weighted by Gasteiger charge is -2.28. The Kier molecular flexibility index (Phi) is 2.94. The van der Waals surface area contributed by atoms with Crippen molar-refractivity contribution in [3.8, 4) is 0 Å². The van der Waals surface area contributed by atoms with Crippen LogP contribution in [0.2, 0.25) is 0 Å². The van der Waals surface area contributed by atoms with Gasteiger partial charge in [-0.05, 0) is 37.1 Å². The molecule has 1 heteroatoms. The zero-order valence-electron chi connectivity index (χ0n) is 8.11. The Labute approximate surface area is 70.6 Å². The van der Waals surface area contributed by atoms with Gasteiger partial charge >= 0.3 is 0 Å². The number of nitrogens with one attached hydrogen (secondary N) is 1. The van der Waals surface area contributed by atoms with Crippen molar-refractivity contribution in [3.05, 3.63) is 0 Å². The van der Waals surface area contributed by atoms with Gasteiger partial charge in [0.15, 0.2) is 0 Å². The molecule has 0 aromatic rings. The molecule has 1 nitrogen and oxygen atoms in total. The molecule has 1 fully saturated rings. The van der Waals surface area contributed by atoms with E-state index in [-0.39, 0.29) is 0 Å². The average Bonchev–Trinajstić information content (AvgIpc) is 2.36. The maximum Gasteiger partial charge on any atom is 0.000828 e. The van der Waals surface area contributed by atoms with Gasteiger partial charge in [0, 0.05) is 6.54 Å². The van der Waals surface area contributed by atoms with Gasteiger partial charge in [0.05, 0.1) is 0 Å². The highest BCUT2D eigenvalue weighted by Crippen LogP contribution is 2.35. The van der Waals surface area contributed by atoms with Crippen LogP contribution in [0.25, 0.3) is 0 Å². The summed E-state index contributed by atoms with van der Waals surface area (Å²) in [6.07, 6.45) is 4.14. The van der Waals surface area contributed by atoms with Crippen LogP contribution in [0.15, 0.2) is 0 Å². The third-order valence-electron chi connectivity index (χ3n) is 2.92. The van der Waals surface area contributed by atoms with E-state index in [1.165, 1.54) is 32.4 Å². The minimum Gasteiger partial charge on any atom is -0.316 e. The summed E-state index contributed by atoms with van der Waals surface area (Å²) < 4.78 is 0. The third kappa shape index (κ3) is 2.19. The van der Waals surface area contributed by atoms with Crippen molar-refractivity contribution >= 4 is 0 Å². The Bertz CT molecular complexity index is 112. The summed E-state index contributed by atoms with van der Waals surface area (Å²) in [6, 6.07) is 0. The minimum absolute atomic E-state index is 0.647. The third-order valence-corrected chi connectivity index (χ3v) is 2.92. The lowest BCUT2D eigenvalue weighted by atomic mass is 9.77. The molecule has 66 valence electrons. The highest BCUT2D eigenvalue weighted by atomic mass is 14.9. The Morgan fingerprint density at radius 2 is 2.18 bits per heavy atom. The summed E-state index contributed by atoms with van der Waals surface area (Å²) in [5, 5.41) is 3.47. The van der Waals surface area contributed by atoms with Gasteiger partial charge in [0.2, 0.25) is 0 Å². The summed E-state index contributed by atoms with van der Waals surface area (Å²) in [6.45, 7) is 9.48. The lowest BCUT2D eigenvalue weighted by Crippen LogP contribution is -2.24. The first kappa shape index (κ1) is 9.05. The first-order chi connectivity index (χ1) is 5.18. The summed E-state index contributed by atoms with van der Waals surface area (Å²) in [4.78, 5) is 0. The highest BCUT2D eigenvalue weighted by Gasteiger charge is 2.31. The molecule has 11 heavy (non-hydrogen) atoms. The summed E-state index contributed by atoms with van der Waals surface area (Å²) in [5.74, 6) is 0.856. The summed E-state index contributed by atoms with van der Waals surface area (Å²) in [7, 11) is 0. The second-order valence-corrected chi connectivity index (χ2v) is 4.38. The maximum atomic E-state index is 3.47. The van der Waals surface area contributed by atoms with E-state index in [1.54, 1.807) is 0 Å². The van der Waals surface area contributed by atoms with Crippen LogP contribution in [0.1, 0.15) is 40.0 Å². The Hall–Kier alpha value is -0.0400. The van der Waals surface area contributed by atoms with Crippen LogP contribution in [0.4, 0.5) is 0 Å². The van der Waals surface area contributed by atoms with Gasteiger partial charge in [0.25, 0.3) is 0 Å². The van der Waals surface area contributed by atoms with E-state index in [0.717, 1.165) is 5.92 Å². The van der Waals surface area contributed by atoms with Gasteiger partial charge in [0.1, 0.15) is 0 Å². The monoisotopic (exact) mass is 155 g/mol. The van der Waals surface area contributed by atoms with Crippen LogP contribution in [0.5, 0.6) is 0 Å². The van der Waals surface area contributed by atoms with Gasteiger partial charge in [-0.25, -0.2) is 0 Å². The van der Waals surface area contributed by atoms with Crippen LogP contribution in [0, 0.1) is 11.3 Å². The van der Waals surface area contributed by atoms with Gasteiger partial charge in [-0.15, -0.1) is 0 Å². The Morgan fingerprint density at radius 3 is 2.55 bits per heavy atom. The van der Waals surface area contributed by atoms with Crippen LogP contribution >= 0.6 is 0 Å². The molecule has 0 bridgehead atoms. The highest BCUT2D eigenvalue weighted by molar-refractivity contribution is 4.87. The zero-order valence-corrected chi connectivity index (χ0v) is 8.11. The first-order valence-electron chi connectivity index (χ1n) is 4.89. The fraction of sp³-hybridized carbons (Fsp3) is 1.00. The molecule has 1 aliphatic heterocycles. The van der Waals surface area contributed by atoms with E-state index in [4.69, 9.17) is 0 Å². The molecular formula is C10H21N. The Balaban J connectivity index is 2.45. The molecule has 1 saturated heterocycles. The fourth-order valence-corrected chi connectivity index (χ4v) is 2.28. The molecule has 0 amide bonds.